The first-order chi connectivity index (χ1) is 10.5. The predicted molar refractivity (Wildman–Crippen MR) is 89.4 cm³/mol. The van der Waals surface area contributed by atoms with Crippen molar-refractivity contribution in [1.29, 1.82) is 0 Å². The van der Waals surface area contributed by atoms with Gasteiger partial charge in [-0.15, -0.1) is 0 Å². The molecule has 4 saturated carbocycles. The van der Waals surface area contributed by atoms with E-state index in [1.165, 1.54) is 19.3 Å². The maximum absolute atomic E-state index is 12.8. The summed E-state index contributed by atoms with van der Waals surface area (Å²) in [7, 11) is 0. The third kappa shape index (κ3) is 2.53. The predicted octanol–water partition coefficient (Wildman–Crippen LogP) is 5.27. The first kappa shape index (κ1) is 16.1. The lowest BCUT2D eigenvalue weighted by molar-refractivity contribution is -0.183. The smallest absolute Gasteiger partial charge is 0.334 e. The number of carbonyl (C=O) groups excluding carboxylic acids is 1. The van der Waals surface area contributed by atoms with Gasteiger partial charge in [0.2, 0.25) is 0 Å². The summed E-state index contributed by atoms with van der Waals surface area (Å²) in [5.41, 5.74) is 0.505. The number of hydrogen-bond acceptors (Lipinski definition) is 2. The van der Waals surface area contributed by atoms with Gasteiger partial charge in [-0.1, -0.05) is 27.4 Å². The Hall–Kier alpha value is -0.790. The molecule has 4 aliphatic rings. The normalized spacial score (nSPS) is 36.4. The van der Waals surface area contributed by atoms with E-state index in [1.54, 1.807) is 0 Å². The average Bonchev–Trinajstić information content (AvgIpc) is 2.47. The molecule has 0 unspecified atom stereocenters. The second-order valence-electron chi connectivity index (χ2n) is 8.31. The summed E-state index contributed by atoms with van der Waals surface area (Å²) < 4.78 is 6.19. The largest absolute Gasteiger partial charge is 0.456 e. The minimum Gasteiger partial charge on any atom is -0.456 e. The molecular formula is C20H32O2. The van der Waals surface area contributed by atoms with Crippen LogP contribution in [-0.4, -0.2) is 11.6 Å². The van der Waals surface area contributed by atoms with Crippen LogP contribution in [0.5, 0.6) is 0 Å². The Morgan fingerprint density at radius 2 is 1.41 bits per heavy atom. The molecule has 4 fully saturated rings. The molecule has 0 aromatic carbocycles. The average molecular weight is 304 g/mol. The zero-order valence-corrected chi connectivity index (χ0v) is 14.6. The number of rotatable bonds is 6. The Labute approximate surface area is 135 Å². The molecular weight excluding hydrogens is 272 g/mol. The van der Waals surface area contributed by atoms with Crippen LogP contribution in [0.1, 0.15) is 78.6 Å². The second-order valence-corrected chi connectivity index (χ2v) is 8.31. The monoisotopic (exact) mass is 304 g/mol. The maximum Gasteiger partial charge on any atom is 0.334 e. The summed E-state index contributed by atoms with van der Waals surface area (Å²) in [6, 6.07) is 0. The SMILES string of the molecule is C=C(C(=O)OC12CC3CC(CC(C3)C1)C2)C(CC)(CC)CC. The molecule has 0 radical (unpaired) electrons. The van der Waals surface area contributed by atoms with Crippen molar-refractivity contribution >= 4 is 5.97 Å². The van der Waals surface area contributed by atoms with E-state index in [-0.39, 0.29) is 17.0 Å². The molecule has 0 saturated heterocycles. The first-order valence-electron chi connectivity index (χ1n) is 9.38. The van der Waals surface area contributed by atoms with E-state index in [4.69, 9.17) is 4.74 Å². The lowest BCUT2D eigenvalue weighted by atomic mass is 9.54. The molecule has 0 aromatic rings. The van der Waals surface area contributed by atoms with Crippen molar-refractivity contribution in [3.8, 4) is 0 Å². The number of esters is 1. The van der Waals surface area contributed by atoms with E-state index < -0.39 is 0 Å². The van der Waals surface area contributed by atoms with Gasteiger partial charge in [-0.25, -0.2) is 4.79 Å². The Morgan fingerprint density at radius 3 is 1.77 bits per heavy atom. The third-order valence-electron chi connectivity index (χ3n) is 7.21. The van der Waals surface area contributed by atoms with E-state index in [0.717, 1.165) is 61.9 Å². The van der Waals surface area contributed by atoms with E-state index in [1.807, 2.05) is 0 Å². The fraction of sp³-hybridized carbons (Fsp3) is 0.850. The highest BCUT2D eigenvalue weighted by atomic mass is 16.6. The molecule has 4 bridgehead atoms. The number of hydrogen-bond donors (Lipinski definition) is 0. The molecule has 22 heavy (non-hydrogen) atoms. The molecule has 0 aromatic heterocycles. The van der Waals surface area contributed by atoms with Gasteiger partial charge in [0.1, 0.15) is 5.60 Å². The van der Waals surface area contributed by atoms with Crippen LogP contribution >= 0.6 is 0 Å². The molecule has 124 valence electrons. The summed E-state index contributed by atoms with van der Waals surface area (Å²) >= 11 is 0. The van der Waals surface area contributed by atoms with Gasteiger partial charge in [0, 0.05) is 11.0 Å². The van der Waals surface area contributed by atoms with Crippen molar-refractivity contribution < 1.29 is 9.53 Å². The number of ether oxygens (including phenoxy) is 1. The Morgan fingerprint density at radius 1 is 1.00 bits per heavy atom. The van der Waals surface area contributed by atoms with Crippen LogP contribution in [0.4, 0.5) is 0 Å². The Bertz CT molecular complexity index is 415. The van der Waals surface area contributed by atoms with Gasteiger partial charge in [0.15, 0.2) is 0 Å². The van der Waals surface area contributed by atoms with Crippen molar-refractivity contribution in [3.05, 3.63) is 12.2 Å². The minimum absolute atomic E-state index is 0.0701. The third-order valence-corrected chi connectivity index (χ3v) is 7.21. The molecule has 0 amide bonds. The zero-order valence-electron chi connectivity index (χ0n) is 14.6. The van der Waals surface area contributed by atoms with Gasteiger partial charge in [0.25, 0.3) is 0 Å². The van der Waals surface area contributed by atoms with Crippen molar-refractivity contribution in [2.24, 2.45) is 23.2 Å². The van der Waals surface area contributed by atoms with Crippen LogP contribution in [0.2, 0.25) is 0 Å². The Kier molecular flexibility index (Phi) is 4.16. The summed E-state index contributed by atoms with van der Waals surface area (Å²) in [5, 5.41) is 0. The van der Waals surface area contributed by atoms with Gasteiger partial charge in [-0.2, -0.15) is 0 Å². The van der Waals surface area contributed by atoms with Gasteiger partial charge in [0.05, 0.1) is 0 Å². The van der Waals surface area contributed by atoms with Gasteiger partial charge in [-0.3, -0.25) is 0 Å². The van der Waals surface area contributed by atoms with Crippen LogP contribution in [0.3, 0.4) is 0 Å². The fourth-order valence-corrected chi connectivity index (χ4v) is 6.02. The highest BCUT2D eigenvalue weighted by Gasteiger charge is 2.53. The van der Waals surface area contributed by atoms with Crippen LogP contribution < -0.4 is 0 Å². The van der Waals surface area contributed by atoms with Crippen LogP contribution in [0.15, 0.2) is 12.2 Å². The van der Waals surface area contributed by atoms with E-state index in [0.29, 0.717) is 0 Å². The minimum atomic E-state index is -0.143. The first-order valence-corrected chi connectivity index (χ1v) is 9.38. The summed E-state index contributed by atoms with van der Waals surface area (Å²) in [6.45, 7) is 10.7. The topological polar surface area (TPSA) is 26.3 Å². The molecule has 0 aliphatic heterocycles. The highest BCUT2D eigenvalue weighted by molar-refractivity contribution is 5.89. The molecule has 2 heteroatoms. The van der Waals surface area contributed by atoms with E-state index in [9.17, 15) is 4.79 Å². The molecule has 0 atom stereocenters. The van der Waals surface area contributed by atoms with E-state index >= 15 is 0 Å². The van der Waals surface area contributed by atoms with Crippen molar-refractivity contribution in [2.45, 2.75) is 84.2 Å². The van der Waals surface area contributed by atoms with Gasteiger partial charge >= 0.3 is 5.97 Å². The molecule has 0 N–H and O–H groups in total. The molecule has 0 heterocycles. The van der Waals surface area contributed by atoms with Crippen LogP contribution in [0.25, 0.3) is 0 Å². The highest BCUT2D eigenvalue weighted by Crippen LogP contribution is 2.57. The molecule has 4 rings (SSSR count). The van der Waals surface area contributed by atoms with Crippen molar-refractivity contribution in [1.82, 2.24) is 0 Å². The quantitative estimate of drug-likeness (QED) is 0.493. The molecule has 4 aliphatic carbocycles. The van der Waals surface area contributed by atoms with Crippen molar-refractivity contribution in [2.75, 3.05) is 0 Å². The lowest BCUT2D eigenvalue weighted by Crippen LogP contribution is -2.53. The second kappa shape index (κ2) is 5.69. The van der Waals surface area contributed by atoms with Gasteiger partial charge in [-0.05, 0) is 75.5 Å². The van der Waals surface area contributed by atoms with Crippen LogP contribution in [0, 0.1) is 23.2 Å². The van der Waals surface area contributed by atoms with Crippen LogP contribution in [-0.2, 0) is 9.53 Å². The summed E-state index contributed by atoms with van der Waals surface area (Å²) in [4.78, 5) is 12.8. The maximum atomic E-state index is 12.8. The standard InChI is InChI=1S/C20H32O2/c1-5-19(6-2,7-3)14(4)18(21)22-20-11-15-8-16(12-20)10-17(9-15)13-20/h15-17H,4-13H2,1-3H3. The van der Waals surface area contributed by atoms with Crippen molar-refractivity contribution in [3.63, 3.8) is 0 Å². The zero-order chi connectivity index (χ0) is 16.0. The summed E-state index contributed by atoms with van der Waals surface area (Å²) in [5.74, 6) is 2.31. The molecule has 0 spiro atoms. The van der Waals surface area contributed by atoms with Gasteiger partial charge < -0.3 is 4.74 Å². The number of carbonyl (C=O) groups is 1. The summed E-state index contributed by atoms with van der Waals surface area (Å²) in [6.07, 6.45) is 10.3. The Balaban J connectivity index is 1.73. The fourth-order valence-electron chi connectivity index (χ4n) is 6.02. The molecule has 2 nitrogen and oxygen atoms in total. The lowest BCUT2D eigenvalue weighted by Gasteiger charge is -2.55. The van der Waals surface area contributed by atoms with E-state index in [2.05, 4.69) is 27.4 Å².